The number of carboxylic acid groups (broad SMARTS) is 1. The maximum absolute atomic E-state index is 12.6. The fraction of sp³-hybridized carbons (Fsp3) is 0.824. The van der Waals surface area contributed by atoms with Gasteiger partial charge in [0.15, 0.2) is 0 Å². The molecular weight excluding hydrogens is 709 g/mol. The van der Waals surface area contributed by atoms with Crippen molar-refractivity contribution in [3.63, 3.8) is 0 Å². The van der Waals surface area contributed by atoms with E-state index in [1.165, 1.54) is 167 Å². The van der Waals surface area contributed by atoms with E-state index in [9.17, 15) is 19.5 Å². The molecule has 1 aromatic rings. The minimum atomic E-state index is -0.573. The van der Waals surface area contributed by atoms with Crippen molar-refractivity contribution in [2.24, 2.45) is 11.3 Å². The van der Waals surface area contributed by atoms with E-state index in [2.05, 4.69) is 20.8 Å². The van der Waals surface area contributed by atoms with Gasteiger partial charge in [-0.15, -0.1) is 0 Å². The largest absolute Gasteiger partial charge is 0.481 e. The topological polar surface area (TPSA) is 89.9 Å². The molecule has 57 heavy (non-hydrogen) atoms. The summed E-state index contributed by atoms with van der Waals surface area (Å²) in [6, 6.07) is 6.83. The molecule has 0 aromatic heterocycles. The zero-order valence-corrected chi connectivity index (χ0v) is 37.4. The molecule has 2 aliphatic rings. The molecule has 0 heterocycles. The average molecular weight is 797 g/mol. The van der Waals surface area contributed by atoms with Gasteiger partial charge in [-0.1, -0.05) is 200 Å². The summed E-state index contributed by atoms with van der Waals surface area (Å²) in [7, 11) is 0. The van der Waals surface area contributed by atoms with Crippen LogP contribution in [0.5, 0.6) is 0 Å². The van der Waals surface area contributed by atoms with Crippen LogP contribution in [0.1, 0.15) is 266 Å². The fourth-order valence-electron chi connectivity index (χ4n) is 9.36. The molecule has 0 amide bonds. The Labute approximate surface area is 350 Å². The number of hydrogen-bond donors (Lipinski definition) is 1. The van der Waals surface area contributed by atoms with Gasteiger partial charge in [-0.3, -0.25) is 4.79 Å². The van der Waals surface area contributed by atoms with Crippen LogP contribution in [-0.4, -0.2) is 35.7 Å². The van der Waals surface area contributed by atoms with Crippen LogP contribution in [-0.2, 0) is 14.3 Å². The van der Waals surface area contributed by atoms with Gasteiger partial charge in [0.2, 0.25) is 0 Å². The highest BCUT2D eigenvalue weighted by molar-refractivity contribution is 6.03. The summed E-state index contributed by atoms with van der Waals surface area (Å²) >= 11 is 0. The molecule has 3 rings (SSSR count). The SMILES string of the molecule is CCCCCCCCC1CCCC(CCCCCCCC)(CC(=O)O)C1.CCCCCCCCCCCCCOC(=O)c1ccccc1C(=O)OC1CCCCC1. The van der Waals surface area contributed by atoms with Crippen molar-refractivity contribution in [2.45, 2.75) is 252 Å². The maximum atomic E-state index is 12.6. The van der Waals surface area contributed by atoms with Crippen LogP contribution in [0.25, 0.3) is 0 Å². The van der Waals surface area contributed by atoms with Crippen LogP contribution >= 0.6 is 0 Å². The third-order valence-corrected chi connectivity index (χ3v) is 12.8. The second-order valence-corrected chi connectivity index (χ2v) is 18.0. The van der Waals surface area contributed by atoms with Gasteiger partial charge in [0.25, 0.3) is 0 Å². The first kappa shape index (κ1) is 50.8. The van der Waals surface area contributed by atoms with Crippen LogP contribution in [0.4, 0.5) is 0 Å². The van der Waals surface area contributed by atoms with E-state index in [1.54, 1.807) is 24.3 Å². The molecule has 328 valence electrons. The number of carbonyl (C=O) groups is 3. The molecule has 2 fully saturated rings. The number of carboxylic acids is 1. The van der Waals surface area contributed by atoms with Gasteiger partial charge in [-0.25, -0.2) is 9.59 Å². The van der Waals surface area contributed by atoms with Crippen molar-refractivity contribution in [1.29, 1.82) is 0 Å². The van der Waals surface area contributed by atoms with Gasteiger partial charge in [0, 0.05) is 0 Å². The molecule has 2 saturated carbocycles. The molecule has 2 atom stereocenters. The van der Waals surface area contributed by atoms with Gasteiger partial charge < -0.3 is 14.6 Å². The Balaban J connectivity index is 0.000000400. The Morgan fingerprint density at radius 2 is 1.09 bits per heavy atom. The number of ether oxygens (including phenoxy) is 2. The zero-order valence-electron chi connectivity index (χ0n) is 37.4. The number of aliphatic carboxylic acids is 1. The summed E-state index contributed by atoms with van der Waals surface area (Å²) in [6.45, 7) is 7.19. The molecule has 1 N–H and O–H groups in total. The molecular formula is C51H88O6. The van der Waals surface area contributed by atoms with Crippen molar-refractivity contribution in [1.82, 2.24) is 0 Å². The molecule has 0 spiro atoms. The Hall–Kier alpha value is -2.37. The summed E-state index contributed by atoms with van der Waals surface area (Å²) in [4.78, 5) is 36.6. The van der Waals surface area contributed by atoms with Crippen molar-refractivity contribution in [3.8, 4) is 0 Å². The highest BCUT2D eigenvalue weighted by Crippen LogP contribution is 2.47. The lowest BCUT2D eigenvalue weighted by molar-refractivity contribution is -0.141. The Kier molecular flexibility index (Phi) is 29.8. The predicted molar refractivity (Wildman–Crippen MR) is 238 cm³/mol. The highest BCUT2D eigenvalue weighted by Gasteiger charge is 2.37. The first-order valence-electron chi connectivity index (χ1n) is 24.5. The van der Waals surface area contributed by atoms with E-state index in [4.69, 9.17) is 9.47 Å². The normalized spacial score (nSPS) is 18.4. The van der Waals surface area contributed by atoms with E-state index >= 15 is 0 Å². The minimum absolute atomic E-state index is 0.0262. The van der Waals surface area contributed by atoms with Gasteiger partial charge >= 0.3 is 17.9 Å². The van der Waals surface area contributed by atoms with Gasteiger partial charge in [-0.05, 0) is 74.8 Å². The molecule has 0 aliphatic heterocycles. The van der Waals surface area contributed by atoms with E-state index in [0.717, 1.165) is 57.3 Å². The number of hydrogen-bond acceptors (Lipinski definition) is 5. The second-order valence-electron chi connectivity index (χ2n) is 18.0. The molecule has 2 unspecified atom stereocenters. The summed E-state index contributed by atoms with van der Waals surface area (Å²) < 4.78 is 11.1. The van der Waals surface area contributed by atoms with Crippen molar-refractivity contribution in [2.75, 3.05) is 6.61 Å². The van der Waals surface area contributed by atoms with E-state index in [0.29, 0.717) is 24.2 Å². The molecule has 6 heteroatoms. The van der Waals surface area contributed by atoms with Crippen LogP contribution in [0, 0.1) is 11.3 Å². The van der Waals surface area contributed by atoms with Gasteiger partial charge in [0.05, 0.1) is 24.2 Å². The Morgan fingerprint density at radius 1 is 0.596 bits per heavy atom. The lowest BCUT2D eigenvalue weighted by atomic mass is 9.64. The third kappa shape index (κ3) is 24.3. The highest BCUT2D eigenvalue weighted by atomic mass is 16.5. The summed E-state index contributed by atoms with van der Waals surface area (Å²) in [5, 5.41) is 9.49. The van der Waals surface area contributed by atoms with E-state index in [1.807, 2.05) is 0 Å². The predicted octanol–water partition coefficient (Wildman–Crippen LogP) is 15.8. The molecule has 6 nitrogen and oxygen atoms in total. The van der Waals surface area contributed by atoms with Gasteiger partial charge in [-0.2, -0.15) is 0 Å². The van der Waals surface area contributed by atoms with Crippen LogP contribution < -0.4 is 0 Å². The number of esters is 2. The van der Waals surface area contributed by atoms with Crippen molar-refractivity contribution in [3.05, 3.63) is 35.4 Å². The van der Waals surface area contributed by atoms with E-state index in [-0.39, 0.29) is 11.5 Å². The van der Waals surface area contributed by atoms with Crippen LogP contribution in [0.3, 0.4) is 0 Å². The van der Waals surface area contributed by atoms with Crippen LogP contribution in [0.15, 0.2) is 24.3 Å². The minimum Gasteiger partial charge on any atom is -0.481 e. The average Bonchev–Trinajstić information content (AvgIpc) is 3.21. The van der Waals surface area contributed by atoms with Crippen molar-refractivity contribution >= 4 is 17.9 Å². The lowest BCUT2D eigenvalue weighted by Crippen LogP contribution is -2.31. The number of unbranched alkanes of at least 4 members (excludes halogenated alkanes) is 20. The van der Waals surface area contributed by atoms with Crippen LogP contribution in [0.2, 0.25) is 0 Å². The number of benzene rings is 1. The first-order valence-corrected chi connectivity index (χ1v) is 24.5. The standard InChI is InChI=1S/C27H42O4.C24H46O2/c1-2-3-4-5-6-7-8-9-10-11-17-22-30-26(28)24-20-15-16-21-25(24)27(29)31-23-18-13-12-14-19-23;1-3-5-7-9-11-13-16-22-17-15-19-24(20-22,21-23(25)26)18-14-12-10-8-6-4-2/h15-16,20-21,23H,2-14,17-19,22H2,1H3;22H,3-21H2,1-2H3,(H,25,26). The molecule has 0 saturated heterocycles. The molecule has 2 aliphatic carbocycles. The fourth-order valence-corrected chi connectivity index (χ4v) is 9.36. The Bertz CT molecular complexity index is 1160. The summed E-state index contributed by atoms with van der Waals surface area (Å²) in [5.41, 5.74) is 0.741. The monoisotopic (exact) mass is 797 g/mol. The zero-order chi connectivity index (χ0) is 41.2. The summed E-state index contributed by atoms with van der Waals surface area (Å²) in [6.07, 6.45) is 42.9. The second kappa shape index (κ2) is 33.5. The maximum Gasteiger partial charge on any atom is 0.339 e. The molecule has 1 aromatic carbocycles. The third-order valence-electron chi connectivity index (χ3n) is 12.8. The van der Waals surface area contributed by atoms with Gasteiger partial charge in [0.1, 0.15) is 6.10 Å². The van der Waals surface area contributed by atoms with Crippen molar-refractivity contribution < 1.29 is 29.0 Å². The Morgan fingerprint density at radius 3 is 1.63 bits per heavy atom. The molecule has 0 radical (unpaired) electrons. The quantitative estimate of drug-likeness (QED) is 0.0594. The molecule has 0 bridgehead atoms. The number of carbonyl (C=O) groups excluding carboxylic acids is 2. The first-order chi connectivity index (χ1) is 27.8. The van der Waals surface area contributed by atoms with E-state index < -0.39 is 17.9 Å². The summed E-state index contributed by atoms with van der Waals surface area (Å²) in [5.74, 6) is -0.622. The lowest BCUT2D eigenvalue weighted by Gasteiger charge is -2.40. The smallest absolute Gasteiger partial charge is 0.339 e. The number of rotatable bonds is 31.